The number of nitrogens with one attached hydrogen (secondary N) is 2. The maximum absolute atomic E-state index is 13.0. The molecule has 8 nitrogen and oxygen atoms in total. The van der Waals surface area contributed by atoms with Gasteiger partial charge in [-0.3, -0.25) is 14.5 Å². The van der Waals surface area contributed by atoms with Crippen LogP contribution in [0.4, 0.5) is 4.39 Å². The lowest BCUT2D eigenvalue weighted by molar-refractivity contribution is -0.139. The summed E-state index contributed by atoms with van der Waals surface area (Å²) in [6, 6.07) is 11.4. The fraction of sp³-hybridized carbons (Fsp3) is 0.391. The molecule has 32 heavy (non-hydrogen) atoms. The van der Waals surface area contributed by atoms with Crippen LogP contribution in [0.3, 0.4) is 0 Å². The van der Waals surface area contributed by atoms with Crippen molar-refractivity contribution in [2.45, 2.75) is 12.6 Å². The highest BCUT2D eigenvalue weighted by molar-refractivity contribution is 6.35. The Morgan fingerprint density at radius 3 is 2.41 bits per heavy atom. The van der Waals surface area contributed by atoms with Crippen molar-refractivity contribution in [1.82, 2.24) is 20.4 Å². The third kappa shape index (κ3) is 5.35. The zero-order valence-corrected chi connectivity index (χ0v) is 18.0. The average molecular weight is 442 g/mol. The van der Waals surface area contributed by atoms with E-state index >= 15 is 0 Å². The molecule has 0 aromatic heterocycles. The van der Waals surface area contributed by atoms with Crippen molar-refractivity contribution in [3.05, 3.63) is 59.4 Å². The summed E-state index contributed by atoms with van der Waals surface area (Å²) in [6.07, 6.45) is 0. The van der Waals surface area contributed by atoms with Crippen molar-refractivity contribution in [2.75, 3.05) is 46.6 Å². The molecule has 0 unspecified atom stereocenters. The molecule has 2 aromatic rings. The molecule has 0 spiro atoms. The number of carbonyl (C=O) groups is 2. The molecule has 9 heteroatoms. The first-order chi connectivity index (χ1) is 15.5. The van der Waals surface area contributed by atoms with Crippen molar-refractivity contribution in [2.24, 2.45) is 0 Å². The molecular weight excluding hydrogens is 415 g/mol. The summed E-state index contributed by atoms with van der Waals surface area (Å²) in [6.45, 7) is 4.18. The van der Waals surface area contributed by atoms with E-state index in [2.05, 4.69) is 27.5 Å². The van der Waals surface area contributed by atoms with Gasteiger partial charge in [0, 0.05) is 39.3 Å². The Hall–Kier alpha value is -3.17. The summed E-state index contributed by atoms with van der Waals surface area (Å²) < 4.78 is 23.9. The Labute approximate surface area is 186 Å². The average Bonchev–Trinajstić information content (AvgIpc) is 3.27. The molecule has 1 saturated heterocycles. The number of hydrogen-bond donors (Lipinski definition) is 2. The van der Waals surface area contributed by atoms with Gasteiger partial charge in [0.25, 0.3) is 0 Å². The van der Waals surface area contributed by atoms with E-state index in [-0.39, 0.29) is 31.7 Å². The number of likely N-dealkylation sites (N-methyl/N-ethyl adjacent to an activating group) is 1. The van der Waals surface area contributed by atoms with Gasteiger partial charge in [0.1, 0.15) is 5.82 Å². The van der Waals surface area contributed by atoms with Gasteiger partial charge in [-0.2, -0.15) is 0 Å². The van der Waals surface area contributed by atoms with Crippen LogP contribution in [0, 0.1) is 5.82 Å². The fourth-order valence-electron chi connectivity index (χ4n) is 3.85. The minimum atomic E-state index is -0.725. The molecule has 1 atom stereocenters. The lowest BCUT2D eigenvalue weighted by Crippen LogP contribution is -2.49. The van der Waals surface area contributed by atoms with Crippen LogP contribution >= 0.6 is 0 Å². The van der Waals surface area contributed by atoms with Crippen LogP contribution in [0.1, 0.15) is 17.2 Å². The molecule has 4 rings (SSSR count). The first-order valence-electron chi connectivity index (χ1n) is 10.6. The summed E-state index contributed by atoms with van der Waals surface area (Å²) in [7, 11) is 2.08. The largest absolute Gasteiger partial charge is 0.454 e. The standard InChI is InChI=1S/C23H27FN4O4/c1-27-8-10-28(11-9-27)19(17-4-7-20-21(12-17)32-15-31-20)14-26-23(30)22(29)25-13-16-2-5-18(24)6-3-16/h2-7,12,19H,8-11,13-15H2,1H3,(H,25,29)(H,26,30)/t19-/m0/s1. The Morgan fingerprint density at radius 1 is 0.969 bits per heavy atom. The second-order valence-electron chi connectivity index (χ2n) is 7.99. The van der Waals surface area contributed by atoms with Crippen LogP contribution in [0.25, 0.3) is 0 Å². The Kier molecular flexibility index (Phi) is 6.87. The van der Waals surface area contributed by atoms with Crippen LogP contribution in [-0.4, -0.2) is 68.2 Å². The molecule has 1 fully saturated rings. The Balaban J connectivity index is 1.38. The zero-order valence-electron chi connectivity index (χ0n) is 18.0. The fourth-order valence-corrected chi connectivity index (χ4v) is 3.85. The van der Waals surface area contributed by atoms with Crippen molar-refractivity contribution in [3.63, 3.8) is 0 Å². The first-order valence-corrected chi connectivity index (χ1v) is 10.6. The molecule has 2 aromatic carbocycles. The van der Waals surface area contributed by atoms with Gasteiger partial charge in [-0.15, -0.1) is 0 Å². The molecule has 0 saturated carbocycles. The monoisotopic (exact) mass is 442 g/mol. The van der Waals surface area contributed by atoms with Crippen LogP contribution in [0.2, 0.25) is 0 Å². The van der Waals surface area contributed by atoms with Crippen LogP contribution < -0.4 is 20.1 Å². The quantitative estimate of drug-likeness (QED) is 0.656. The third-order valence-electron chi connectivity index (χ3n) is 5.79. The van der Waals surface area contributed by atoms with E-state index in [1.54, 1.807) is 12.1 Å². The summed E-state index contributed by atoms with van der Waals surface area (Å²) in [4.78, 5) is 29.2. The zero-order chi connectivity index (χ0) is 22.5. The number of carbonyl (C=O) groups excluding carboxylic acids is 2. The van der Waals surface area contributed by atoms with Gasteiger partial charge in [0.15, 0.2) is 11.5 Å². The van der Waals surface area contributed by atoms with Crippen molar-refractivity contribution < 1.29 is 23.5 Å². The number of rotatable bonds is 6. The molecule has 2 heterocycles. The number of amides is 2. The van der Waals surface area contributed by atoms with Crippen LogP contribution in [0.5, 0.6) is 11.5 Å². The number of benzene rings is 2. The highest BCUT2D eigenvalue weighted by Gasteiger charge is 2.27. The van der Waals surface area contributed by atoms with E-state index in [9.17, 15) is 14.0 Å². The van der Waals surface area contributed by atoms with Gasteiger partial charge >= 0.3 is 11.8 Å². The normalized spacial score (nSPS) is 17.1. The number of hydrogen-bond acceptors (Lipinski definition) is 6. The highest BCUT2D eigenvalue weighted by atomic mass is 19.1. The summed E-state index contributed by atoms with van der Waals surface area (Å²) in [5.74, 6) is -0.388. The molecule has 170 valence electrons. The maximum atomic E-state index is 13.0. The van der Waals surface area contributed by atoms with E-state index in [1.165, 1.54) is 12.1 Å². The molecule has 2 N–H and O–H groups in total. The van der Waals surface area contributed by atoms with E-state index in [0.29, 0.717) is 17.1 Å². The maximum Gasteiger partial charge on any atom is 0.309 e. The lowest BCUT2D eigenvalue weighted by Gasteiger charge is -2.38. The third-order valence-corrected chi connectivity index (χ3v) is 5.79. The Morgan fingerprint density at radius 2 is 1.66 bits per heavy atom. The summed E-state index contributed by atoms with van der Waals surface area (Å²) in [5.41, 5.74) is 1.70. The molecule has 0 bridgehead atoms. The smallest absolute Gasteiger partial charge is 0.309 e. The van der Waals surface area contributed by atoms with Crippen molar-refractivity contribution in [1.29, 1.82) is 0 Å². The van der Waals surface area contributed by atoms with Gasteiger partial charge in [-0.1, -0.05) is 18.2 Å². The Bertz CT molecular complexity index is 961. The van der Waals surface area contributed by atoms with Gasteiger partial charge in [-0.05, 0) is 42.4 Å². The number of halogens is 1. The lowest BCUT2D eigenvalue weighted by atomic mass is 10.0. The topological polar surface area (TPSA) is 83.1 Å². The van der Waals surface area contributed by atoms with Crippen molar-refractivity contribution >= 4 is 11.8 Å². The predicted molar refractivity (Wildman–Crippen MR) is 116 cm³/mol. The second-order valence-corrected chi connectivity index (χ2v) is 7.99. The molecule has 2 amide bonds. The minimum absolute atomic E-state index is 0.105. The number of piperazine rings is 1. The number of fused-ring (bicyclic) bond motifs is 1. The minimum Gasteiger partial charge on any atom is -0.454 e. The molecule has 2 aliphatic heterocycles. The molecule has 2 aliphatic rings. The summed E-state index contributed by atoms with van der Waals surface area (Å²) >= 11 is 0. The predicted octanol–water partition coefficient (Wildman–Crippen LogP) is 1.28. The van der Waals surface area contributed by atoms with E-state index in [0.717, 1.165) is 31.7 Å². The molecular formula is C23H27FN4O4. The first kappa shape index (κ1) is 22.0. The SMILES string of the molecule is CN1CCN([C@@H](CNC(=O)C(=O)NCc2ccc(F)cc2)c2ccc3c(c2)OCO3)CC1. The summed E-state index contributed by atoms with van der Waals surface area (Å²) in [5, 5.41) is 5.34. The van der Waals surface area contributed by atoms with Crippen LogP contribution in [0.15, 0.2) is 42.5 Å². The van der Waals surface area contributed by atoms with E-state index < -0.39 is 11.8 Å². The molecule has 0 aliphatic carbocycles. The van der Waals surface area contributed by atoms with Gasteiger partial charge in [-0.25, -0.2) is 4.39 Å². The van der Waals surface area contributed by atoms with Gasteiger partial charge < -0.3 is 25.0 Å². The molecule has 0 radical (unpaired) electrons. The van der Waals surface area contributed by atoms with Crippen molar-refractivity contribution in [3.8, 4) is 11.5 Å². The van der Waals surface area contributed by atoms with Crippen LogP contribution in [-0.2, 0) is 16.1 Å². The van der Waals surface area contributed by atoms with E-state index in [4.69, 9.17) is 9.47 Å². The highest BCUT2D eigenvalue weighted by Crippen LogP contribution is 2.35. The van der Waals surface area contributed by atoms with Gasteiger partial charge in [0.05, 0.1) is 6.04 Å². The number of nitrogens with zero attached hydrogens (tertiary/aromatic N) is 2. The second kappa shape index (κ2) is 9.97. The van der Waals surface area contributed by atoms with E-state index in [1.807, 2.05) is 18.2 Å². The number of ether oxygens (including phenoxy) is 2. The van der Waals surface area contributed by atoms with Gasteiger partial charge in [0.2, 0.25) is 6.79 Å².